The summed E-state index contributed by atoms with van der Waals surface area (Å²) >= 11 is 0. The molecular formula is C24H30N6O. The molecule has 0 spiro atoms. The zero-order chi connectivity index (χ0) is 21.2. The van der Waals surface area contributed by atoms with Crippen molar-refractivity contribution in [3.8, 4) is 0 Å². The lowest BCUT2D eigenvalue weighted by atomic mass is 10.1. The van der Waals surface area contributed by atoms with E-state index in [9.17, 15) is 4.79 Å². The maximum Gasteiger partial charge on any atom is 0.252 e. The molecule has 5 rings (SSSR count). The van der Waals surface area contributed by atoms with Crippen molar-refractivity contribution in [1.82, 2.24) is 29.7 Å². The molecule has 3 heterocycles. The first-order valence-electron chi connectivity index (χ1n) is 11.3. The Hall–Kier alpha value is -2.77. The van der Waals surface area contributed by atoms with Gasteiger partial charge in [-0.3, -0.25) is 19.0 Å². The number of pyridine rings is 1. The Morgan fingerprint density at radius 1 is 1.10 bits per heavy atom. The summed E-state index contributed by atoms with van der Waals surface area (Å²) in [4.78, 5) is 17.7. The molecule has 1 aliphatic carbocycles. The van der Waals surface area contributed by atoms with E-state index in [1.807, 2.05) is 40.9 Å². The van der Waals surface area contributed by atoms with Crippen LogP contribution in [-0.2, 0) is 6.42 Å². The van der Waals surface area contributed by atoms with Gasteiger partial charge in [-0.15, -0.1) is 10.2 Å². The number of likely N-dealkylation sites (N-methyl/N-ethyl adjacent to an activating group) is 1. The summed E-state index contributed by atoms with van der Waals surface area (Å²) in [5, 5.41) is 11.9. The van der Waals surface area contributed by atoms with E-state index in [1.54, 1.807) is 0 Å². The van der Waals surface area contributed by atoms with Gasteiger partial charge in [0.1, 0.15) is 0 Å². The highest BCUT2D eigenvalue weighted by atomic mass is 16.1. The van der Waals surface area contributed by atoms with Gasteiger partial charge in [0.2, 0.25) is 0 Å². The largest absolute Gasteiger partial charge is 0.352 e. The summed E-state index contributed by atoms with van der Waals surface area (Å²) in [7, 11) is 2.15. The lowest BCUT2D eigenvalue weighted by Crippen LogP contribution is -2.47. The van der Waals surface area contributed by atoms with Gasteiger partial charge in [0.05, 0.1) is 11.6 Å². The molecule has 1 saturated heterocycles. The summed E-state index contributed by atoms with van der Waals surface area (Å²) in [6.45, 7) is 4.89. The minimum atomic E-state index is -0.0650. The predicted molar refractivity (Wildman–Crippen MR) is 120 cm³/mol. The van der Waals surface area contributed by atoms with E-state index in [4.69, 9.17) is 0 Å². The number of nitrogens with zero attached hydrogens (tertiary/aromatic N) is 5. The van der Waals surface area contributed by atoms with Gasteiger partial charge in [-0.25, -0.2) is 0 Å². The smallest absolute Gasteiger partial charge is 0.252 e. The van der Waals surface area contributed by atoms with Crippen molar-refractivity contribution in [3.63, 3.8) is 0 Å². The molecule has 31 heavy (non-hydrogen) atoms. The average molecular weight is 419 g/mol. The Morgan fingerprint density at radius 3 is 2.74 bits per heavy atom. The van der Waals surface area contributed by atoms with Crippen molar-refractivity contribution in [1.29, 1.82) is 0 Å². The van der Waals surface area contributed by atoms with E-state index in [0.717, 1.165) is 43.4 Å². The van der Waals surface area contributed by atoms with Crippen LogP contribution in [0.15, 0.2) is 48.7 Å². The Bertz CT molecular complexity index is 1040. The molecule has 2 aliphatic rings. The maximum atomic E-state index is 12.7. The van der Waals surface area contributed by atoms with Crippen molar-refractivity contribution in [2.45, 2.75) is 25.3 Å². The molecule has 7 nitrogen and oxygen atoms in total. The van der Waals surface area contributed by atoms with Gasteiger partial charge in [0.25, 0.3) is 5.91 Å². The Kier molecular flexibility index (Phi) is 5.70. The quantitative estimate of drug-likeness (QED) is 0.638. The van der Waals surface area contributed by atoms with E-state index in [2.05, 4.69) is 44.5 Å². The van der Waals surface area contributed by atoms with E-state index in [0.29, 0.717) is 12.1 Å². The number of hydrogen-bond acceptors (Lipinski definition) is 5. The van der Waals surface area contributed by atoms with Crippen LogP contribution in [0.2, 0.25) is 0 Å². The molecule has 3 aromatic rings. The van der Waals surface area contributed by atoms with Crippen LogP contribution in [0.25, 0.3) is 5.65 Å². The highest BCUT2D eigenvalue weighted by molar-refractivity contribution is 5.94. The number of amides is 1. The third-order valence-electron chi connectivity index (χ3n) is 6.48. The van der Waals surface area contributed by atoms with Crippen LogP contribution < -0.4 is 5.32 Å². The van der Waals surface area contributed by atoms with Crippen molar-refractivity contribution in [3.05, 3.63) is 65.6 Å². The summed E-state index contributed by atoms with van der Waals surface area (Å²) < 4.78 is 1.99. The second-order valence-electron chi connectivity index (χ2n) is 8.90. The van der Waals surface area contributed by atoms with Crippen LogP contribution in [0, 0.1) is 5.92 Å². The van der Waals surface area contributed by atoms with Crippen molar-refractivity contribution in [2.75, 3.05) is 39.8 Å². The minimum absolute atomic E-state index is 0.0650. The Morgan fingerprint density at radius 2 is 1.94 bits per heavy atom. The van der Waals surface area contributed by atoms with Crippen LogP contribution in [0.4, 0.5) is 0 Å². The predicted octanol–water partition coefficient (Wildman–Crippen LogP) is 2.40. The van der Waals surface area contributed by atoms with E-state index in [1.165, 1.54) is 24.9 Å². The number of benzene rings is 1. The van der Waals surface area contributed by atoms with E-state index in [-0.39, 0.29) is 11.9 Å². The van der Waals surface area contributed by atoms with Gasteiger partial charge in [0, 0.05) is 38.9 Å². The normalized spacial score (nSPS) is 20.2. The summed E-state index contributed by atoms with van der Waals surface area (Å²) in [6, 6.07) is 14.1. The fourth-order valence-corrected chi connectivity index (χ4v) is 4.38. The maximum absolute atomic E-state index is 12.7. The molecule has 0 radical (unpaired) electrons. The molecule has 1 aromatic carbocycles. The highest BCUT2D eigenvalue weighted by Gasteiger charge is 2.32. The number of rotatable bonds is 7. The number of nitrogens with one attached hydrogen (secondary N) is 1. The van der Waals surface area contributed by atoms with Gasteiger partial charge in [-0.2, -0.15) is 0 Å². The zero-order valence-corrected chi connectivity index (χ0v) is 18.1. The van der Waals surface area contributed by atoms with Gasteiger partial charge < -0.3 is 5.32 Å². The second kappa shape index (κ2) is 8.77. The molecule has 2 fully saturated rings. The lowest BCUT2D eigenvalue weighted by molar-refractivity contribution is 0.0869. The van der Waals surface area contributed by atoms with Crippen molar-refractivity contribution >= 4 is 11.6 Å². The molecule has 1 atom stereocenters. The Balaban J connectivity index is 1.30. The number of piperazine rings is 1. The SMILES string of the molecule is CN1CCN(CC2CC2)C[C@H]1c1nnc2ccc(C(=O)NCCc3ccccc3)cn12. The Labute approximate surface area is 183 Å². The number of fused-ring (bicyclic) bond motifs is 1. The third kappa shape index (κ3) is 4.62. The molecule has 0 bridgehead atoms. The molecular weight excluding hydrogens is 388 g/mol. The first kappa shape index (κ1) is 20.2. The van der Waals surface area contributed by atoms with Gasteiger partial charge in [-0.05, 0) is 49.9 Å². The van der Waals surface area contributed by atoms with Crippen LogP contribution in [0.3, 0.4) is 0 Å². The molecule has 7 heteroatoms. The second-order valence-corrected chi connectivity index (χ2v) is 8.90. The monoisotopic (exact) mass is 418 g/mol. The average Bonchev–Trinajstić information content (AvgIpc) is 3.51. The topological polar surface area (TPSA) is 65.8 Å². The number of aromatic nitrogens is 3. The molecule has 1 N–H and O–H groups in total. The van der Waals surface area contributed by atoms with Crippen LogP contribution >= 0.6 is 0 Å². The van der Waals surface area contributed by atoms with E-state index < -0.39 is 0 Å². The number of carbonyl (C=O) groups is 1. The number of carbonyl (C=O) groups excluding carboxylic acids is 1. The van der Waals surface area contributed by atoms with Gasteiger partial charge in [0.15, 0.2) is 11.5 Å². The van der Waals surface area contributed by atoms with Crippen LogP contribution in [0.5, 0.6) is 0 Å². The van der Waals surface area contributed by atoms with E-state index >= 15 is 0 Å². The fourth-order valence-electron chi connectivity index (χ4n) is 4.38. The third-order valence-corrected chi connectivity index (χ3v) is 6.48. The molecule has 1 amide bonds. The summed E-state index contributed by atoms with van der Waals surface area (Å²) in [6.07, 6.45) is 5.44. The molecule has 2 aromatic heterocycles. The van der Waals surface area contributed by atoms with Crippen LogP contribution in [0.1, 0.15) is 40.6 Å². The molecule has 1 saturated carbocycles. The fraction of sp³-hybridized carbons (Fsp3) is 0.458. The summed E-state index contributed by atoms with van der Waals surface area (Å²) in [5.41, 5.74) is 2.63. The molecule has 162 valence electrons. The zero-order valence-electron chi connectivity index (χ0n) is 18.1. The van der Waals surface area contributed by atoms with Crippen molar-refractivity contribution in [2.24, 2.45) is 5.92 Å². The molecule has 1 aliphatic heterocycles. The standard InChI is InChI=1S/C24H30N6O/c1-28-13-14-29(15-19-7-8-19)17-21(28)23-27-26-22-10-9-20(16-30(22)23)24(31)25-12-11-18-5-3-2-4-6-18/h2-6,9-10,16,19,21H,7-8,11-15,17H2,1H3,(H,25,31)/t21-/m0/s1. The summed E-state index contributed by atoms with van der Waals surface area (Å²) in [5.74, 6) is 1.73. The lowest BCUT2D eigenvalue weighted by Gasteiger charge is -2.38. The minimum Gasteiger partial charge on any atom is -0.352 e. The molecule has 0 unspecified atom stereocenters. The van der Waals surface area contributed by atoms with Crippen LogP contribution in [-0.4, -0.2) is 70.1 Å². The first-order chi connectivity index (χ1) is 15.2. The first-order valence-corrected chi connectivity index (χ1v) is 11.3. The number of hydrogen-bond donors (Lipinski definition) is 1. The van der Waals surface area contributed by atoms with Gasteiger partial charge >= 0.3 is 0 Å². The van der Waals surface area contributed by atoms with Crippen molar-refractivity contribution < 1.29 is 4.79 Å². The highest BCUT2D eigenvalue weighted by Crippen LogP contribution is 2.32. The van der Waals surface area contributed by atoms with Gasteiger partial charge in [-0.1, -0.05) is 30.3 Å².